The summed E-state index contributed by atoms with van der Waals surface area (Å²) in [6, 6.07) is 12.6. The van der Waals surface area contributed by atoms with E-state index in [4.69, 9.17) is 25.8 Å². The van der Waals surface area contributed by atoms with Crippen molar-refractivity contribution in [3.8, 4) is 17.2 Å². The standard InChI is InChI=1S/C21H26ClNO4/c1-5-16(14-11-12-19(25-3)20(13-14)26-4)23-21(24)17(6-2)27-18-10-8-7-9-15(18)22/h7-13,16-17H,5-6H2,1-4H3,(H,23,24). The van der Waals surface area contributed by atoms with Gasteiger partial charge in [-0.3, -0.25) is 4.79 Å². The SMILES string of the molecule is CCC(Oc1ccccc1Cl)C(=O)NC(CC)c1ccc(OC)c(OC)c1. The molecular formula is C21H26ClNO4. The van der Waals surface area contributed by atoms with Gasteiger partial charge in [0.2, 0.25) is 0 Å². The van der Waals surface area contributed by atoms with Crippen LogP contribution in [-0.2, 0) is 4.79 Å². The first-order valence-electron chi connectivity index (χ1n) is 8.97. The quantitative estimate of drug-likeness (QED) is 0.668. The summed E-state index contributed by atoms with van der Waals surface area (Å²) < 4.78 is 16.5. The monoisotopic (exact) mass is 391 g/mol. The molecule has 0 radical (unpaired) electrons. The van der Waals surface area contributed by atoms with Crippen LogP contribution in [0.4, 0.5) is 0 Å². The van der Waals surface area contributed by atoms with Crippen LogP contribution < -0.4 is 19.5 Å². The van der Waals surface area contributed by atoms with Gasteiger partial charge in [0.1, 0.15) is 5.75 Å². The predicted molar refractivity (Wildman–Crippen MR) is 107 cm³/mol. The van der Waals surface area contributed by atoms with Crippen LogP contribution in [0.15, 0.2) is 42.5 Å². The molecule has 0 spiro atoms. The van der Waals surface area contributed by atoms with Gasteiger partial charge in [0.15, 0.2) is 17.6 Å². The van der Waals surface area contributed by atoms with Crippen LogP contribution in [0.25, 0.3) is 0 Å². The van der Waals surface area contributed by atoms with E-state index in [1.807, 2.05) is 44.2 Å². The highest BCUT2D eigenvalue weighted by Gasteiger charge is 2.23. The van der Waals surface area contributed by atoms with E-state index in [9.17, 15) is 4.79 Å². The van der Waals surface area contributed by atoms with Crippen LogP contribution in [0.5, 0.6) is 17.2 Å². The number of halogens is 1. The molecule has 2 aromatic carbocycles. The Morgan fingerprint density at radius 2 is 1.70 bits per heavy atom. The van der Waals surface area contributed by atoms with Gasteiger partial charge in [-0.2, -0.15) is 0 Å². The Morgan fingerprint density at radius 3 is 2.30 bits per heavy atom. The van der Waals surface area contributed by atoms with E-state index in [2.05, 4.69) is 5.32 Å². The third-order valence-electron chi connectivity index (χ3n) is 4.30. The molecule has 27 heavy (non-hydrogen) atoms. The van der Waals surface area contributed by atoms with Crippen molar-refractivity contribution in [1.29, 1.82) is 0 Å². The first kappa shape index (κ1) is 20.9. The number of hydrogen-bond acceptors (Lipinski definition) is 4. The summed E-state index contributed by atoms with van der Waals surface area (Å²) in [5.74, 6) is 1.59. The van der Waals surface area contributed by atoms with E-state index < -0.39 is 6.10 Å². The number of rotatable bonds is 9. The zero-order chi connectivity index (χ0) is 19.8. The Labute approximate surface area is 165 Å². The van der Waals surface area contributed by atoms with Gasteiger partial charge in [-0.05, 0) is 42.7 Å². The fraction of sp³-hybridized carbons (Fsp3) is 0.381. The second-order valence-electron chi connectivity index (χ2n) is 6.03. The Kier molecular flexibility index (Phi) is 7.80. The average Bonchev–Trinajstić information content (AvgIpc) is 2.70. The van der Waals surface area contributed by atoms with Crippen LogP contribution in [0.1, 0.15) is 38.3 Å². The third-order valence-corrected chi connectivity index (χ3v) is 4.62. The topological polar surface area (TPSA) is 56.8 Å². The maximum Gasteiger partial charge on any atom is 0.261 e. The number of nitrogens with one attached hydrogen (secondary N) is 1. The molecule has 0 saturated carbocycles. The van der Waals surface area contributed by atoms with Gasteiger partial charge in [-0.1, -0.05) is 43.6 Å². The Balaban J connectivity index is 2.14. The Hall–Kier alpha value is -2.40. The van der Waals surface area contributed by atoms with Crippen LogP contribution in [-0.4, -0.2) is 26.2 Å². The molecule has 5 nitrogen and oxygen atoms in total. The van der Waals surface area contributed by atoms with E-state index >= 15 is 0 Å². The van der Waals surface area contributed by atoms with Gasteiger partial charge in [-0.25, -0.2) is 0 Å². The number of amides is 1. The maximum atomic E-state index is 12.8. The molecule has 0 aliphatic heterocycles. The van der Waals surface area contributed by atoms with E-state index in [1.54, 1.807) is 26.4 Å². The fourth-order valence-electron chi connectivity index (χ4n) is 2.77. The summed E-state index contributed by atoms with van der Waals surface area (Å²) in [5.41, 5.74) is 0.941. The molecule has 0 fully saturated rings. The minimum atomic E-state index is -0.626. The molecule has 146 valence electrons. The molecule has 2 unspecified atom stereocenters. The molecule has 2 aromatic rings. The first-order chi connectivity index (χ1) is 13.0. The second kappa shape index (κ2) is 10.1. The van der Waals surface area contributed by atoms with Crippen molar-refractivity contribution in [3.63, 3.8) is 0 Å². The summed E-state index contributed by atoms with van der Waals surface area (Å²) >= 11 is 6.14. The van der Waals surface area contributed by atoms with E-state index in [-0.39, 0.29) is 11.9 Å². The van der Waals surface area contributed by atoms with E-state index in [0.29, 0.717) is 28.7 Å². The number of hydrogen-bond donors (Lipinski definition) is 1. The van der Waals surface area contributed by atoms with Gasteiger partial charge in [-0.15, -0.1) is 0 Å². The lowest BCUT2D eigenvalue weighted by atomic mass is 10.0. The minimum Gasteiger partial charge on any atom is -0.493 e. The molecule has 6 heteroatoms. The predicted octanol–water partition coefficient (Wildman–Crippen LogP) is 4.78. The highest BCUT2D eigenvalue weighted by Crippen LogP contribution is 2.31. The number of ether oxygens (including phenoxy) is 3. The molecule has 0 aromatic heterocycles. The zero-order valence-electron chi connectivity index (χ0n) is 16.1. The maximum absolute atomic E-state index is 12.8. The van der Waals surface area contributed by atoms with Gasteiger partial charge in [0, 0.05) is 0 Å². The van der Waals surface area contributed by atoms with Crippen LogP contribution >= 0.6 is 11.6 Å². The lowest BCUT2D eigenvalue weighted by molar-refractivity contribution is -0.128. The van der Waals surface area contributed by atoms with Crippen molar-refractivity contribution in [2.75, 3.05) is 14.2 Å². The molecular weight excluding hydrogens is 366 g/mol. The average molecular weight is 392 g/mol. The molecule has 0 heterocycles. The Bertz CT molecular complexity index is 766. The molecule has 2 rings (SSSR count). The number of carbonyl (C=O) groups is 1. The summed E-state index contributed by atoms with van der Waals surface area (Å²) in [7, 11) is 3.18. The summed E-state index contributed by atoms with van der Waals surface area (Å²) in [4.78, 5) is 12.8. The van der Waals surface area contributed by atoms with Crippen molar-refractivity contribution in [2.24, 2.45) is 0 Å². The molecule has 0 bridgehead atoms. The van der Waals surface area contributed by atoms with Crippen molar-refractivity contribution in [1.82, 2.24) is 5.32 Å². The van der Waals surface area contributed by atoms with Crippen LogP contribution in [0, 0.1) is 0 Å². The van der Waals surface area contributed by atoms with Crippen LogP contribution in [0.2, 0.25) is 5.02 Å². The molecule has 0 saturated heterocycles. The smallest absolute Gasteiger partial charge is 0.261 e. The van der Waals surface area contributed by atoms with Crippen molar-refractivity contribution < 1.29 is 19.0 Å². The van der Waals surface area contributed by atoms with Gasteiger partial charge < -0.3 is 19.5 Å². The largest absolute Gasteiger partial charge is 0.493 e. The number of carbonyl (C=O) groups excluding carboxylic acids is 1. The number of para-hydroxylation sites is 1. The van der Waals surface area contributed by atoms with Crippen molar-refractivity contribution in [2.45, 2.75) is 38.8 Å². The van der Waals surface area contributed by atoms with Crippen molar-refractivity contribution in [3.05, 3.63) is 53.1 Å². The second-order valence-corrected chi connectivity index (χ2v) is 6.44. The molecule has 1 N–H and O–H groups in total. The summed E-state index contributed by atoms with van der Waals surface area (Å²) in [6.45, 7) is 3.91. The lowest BCUT2D eigenvalue weighted by Gasteiger charge is -2.23. The van der Waals surface area contributed by atoms with E-state index in [0.717, 1.165) is 12.0 Å². The lowest BCUT2D eigenvalue weighted by Crippen LogP contribution is -2.40. The van der Waals surface area contributed by atoms with Crippen LogP contribution in [0.3, 0.4) is 0 Å². The summed E-state index contributed by atoms with van der Waals surface area (Å²) in [6.07, 6.45) is 0.627. The zero-order valence-corrected chi connectivity index (χ0v) is 16.9. The van der Waals surface area contributed by atoms with Gasteiger partial charge >= 0.3 is 0 Å². The number of benzene rings is 2. The van der Waals surface area contributed by atoms with Crippen molar-refractivity contribution >= 4 is 17.5 Å². The van der Waals surface area contributed by atoms with Gasteiger partial charge in [0.05, 0.1) is 25.3 Å². The molecule has 2 atom stereocenters. The normalized spacial score (nSPS) is 12.8. The highest BCUT2D eigenvalue weighted by molar-refractivity contribution is 6.32. The number of methoxy groups -OCH3 is 2. The molecule has 0 aliphatic rings. The Morgan fingerprint density at radius 1 is 1.00 bits per heavy atom. The first-order valence-corrected chi connectivity index (χ1v) is 9.35. The molecule has 1 amide bonds. The fourth-order valence-corrected chi connectivity index (χ4v) is 2.95. The minimum absolute atomic E-state index is 0.166. The van der Waals surface area contributed by atoms with Gasteiger partial charge in [0.25, 0.3) is 5.91 Å². The molecule has 0 aliphatic carbocycles. The van der Waals surface area contributed by atoms with E-state index in [1.165, 1.54) is 0 Å². The summed E-state index contributed by atoms with van der Waals surface area (Å²) in [5, 5.41) is 3.54. The highest BCUT2D eigenvalue weighted by atomic mass is 35.5. The third kappa shape index (κ3) is 5.30.